The second-order valence-electron chi connectivity index (χ2n) is 5.53. The van der Waals surface area contributed by atoms with E-state index in [0.717, 1.165) is 30.3 Å². The summed E-state index contributed by atoms with van der Waals surface area (Å²) in [6.45, 7) is 1.62. The van der Waals surface area contributed by atoms with Crippen LogP contribution in [0.5, 0.6) is 0 Å². The number of nitrogens with zero attached hydrogens (tertiary/aromatic N) is 2. The molecule has 5 nitrogen and oxygen atoms in total. The Bertz CT molecular complexity index is 672. The van der Waals surface area contributed by atoms with E-state index in [9.17, 15) is 4.79 Å². The second-order valence-corrected chi connectivity index (χ2v) is 5.53. The number of rotatable bonds is 3. The molecule has 3 N–H and O–H groups in total. The second kappa shape index (κ2) is 5.69. The third kappa shape index (κ3) is 2.69. The molecular formula is C16H19N3O2. The van der Waals surface area contributed by atoms with E-state index >= 15 is 0 Å². The monoisotopic (exact) mass is 285 g/mol. The highest BCUT2D eigenvalue weighted by molar-refractivity contribution is 6.06. The van der Waals surface area contributed by atoms with Crippen molar-refractivity contribution in [3.05, 3.63) is 35.9 Å². The lowest BCUT2D eigenvalue weighted by molar-refractivity contribution is 0.0786. The Balaban J connectivity index is 1.92. The van der Waals surface area contributed by atoms with Crippen LogP contribution in [0, 0.1) is 5.92 Å². The first kappa shape index (κ1) is 13.8. The van der Waals surface area contributed by atoms with Gasteiger partial charge >= 0.3 is 0 Å². The fourth-order valence-electron chi connectivity index (χ4n) is 2.98. The van der Waals surface area contributed by atoms with E-state index in [1.165, 1.54) is 0 Å². The zero-order chi connectivity index (χ0) is 14.8. The number of hydrogen-bond acceptors (Lipinski definition) is 4. The van der Waals surface area contributed by atoms with Gasteiger partial charge in [0.1, 0.15) is 5.82 Å². The van der Waals surface area contributed by atoms with Crippen molar-refractivity contribution in [2.75, 3.05) is 25.4 Å². The number of para-hydroxylation sites is 1. The van der Waals surface area contributed by atoms with E-state index in [1.54, 1.807) is 6.07 Å². The number of aromatic nitrogens is 1. The smallest absolute Gasteiger partial charge is 0.254 e. The number of fused-ring (bicyclic) bond motifs is 1. The first-order valence-corrected chi connectivity index (χ1v) is 7.24. The highest BCUT2D eigenvalue weighted by Crippen LogP contribution is 2.25. The third-order valence-corrected chi connectivity index (χ3v) is 4.08. The number of likely N-dealkylation sites (tertiary alicyclic amines) is 1. The Labute approximate surface area is 123 Å². The molecule has 2 heterocycles. The molecule has 0 saturated carbocycles. The number of aliphatic hydroxyl groups is 1. The van der Waals surface area contributed by atoms with Crippen LogP contribution in [-0.4, -0.2) is 40.6 Å². The van der Waals surface area contributed by atoms with Crippen LogP contribution < -0.4 is 5.73 Å². The SMILES string of the molecule is Nc1cc(C(=O)N2CCC(CCO)C2)c2ccccc2n1. The van der Waals surface area contributed by atoms with Crippen molar-refractivity contribution in [2.24, 2.45) is 5.92 Å². The average molecular weight is 285 g/mol. The van der Waals surface area contributed by atoms with Gasteiger partial charge in [0.2, 0.25) is 0 Å². The number of carbonyl (C=O) groups is 1. The summed E-state index contributed by atoms with van der Waals surface area (Å²) in [5, 5.41) is 9.85. The Kier molecular flexibility index (Phi) is 3.75. The summed E-state index contributed by atoms with van der Waals surface area (Å²) < 4.78 is 0. The van der Waals surface area contributed by atoms with E-state index in [4.69, 9.17) is 10.8 Å². The zero-order valence-corrected chi connectivity index (χ0v) is 11.8. The minimum atomic E-state index is 0.000685. The van der Waals surface area contributed by atoms with Crippen molar-refractivity contribution in [3.63, 3.8) is 0 Å². The fourth-order valence-corrected chi connectivity index (χ4v) is 2.98. The largest absolute Gasteiger partial charge is 0.396 e. The van der Waals surface area contributed by atoms with Crippen LogP contribution in [-0.2, 0) is 0 Å². The van der Waals surface area contributed by atoms with Crippen molar-refractivity contribution in [1.29, 1.82) is 0 Å². The number of anilines is 1. The summed E-state index contributed by atoms with van der Waals surface area (Å²) >= 11 is 0. The lowest BCUT2D eigenvalue weighted by Gasteiger charge is -2.18. The Morgan fingerprint density at radius 3 is 3.05 bits per heavy atom. The Morgan fingerprint density at radius 2 is 2.24 bits per heavy atom. The number of amides is 1. The molecule has 1 atom stereocenters. The molecule has 1 aromatic heterocycles. The Hall–Kier alpha value is -2.14. The van der Waals surface area contributed by atoms with Crippen LogP contribution in [0.4, 0.5) is 5.82 Å². The minimum Gasteiger partial charge on any atom is -0.396 e. The van der Waals surface area contributed by atoms with Crippen LogP contribution in [0.1, 0.15) is 23.2 Å². The number of aliphatic hydroxyl groups excluding tert-OH is 1. The lowest BCUT2D eigenvalue weighted by Crippen LogP contribution is -2.29. The number of pyridine rings is 1. The molecule has 21 heavy (non-hydrogen) atoms. The quantitative estimate of drug-likeness (QED) is 0.899. The molecular weight excluding hydrogens is 266 g/mol. The third-order valence-electron chi connectivity index (χ3n) is 4.08. The summed E-state index contributed by atoms with van der Waals surface area (Å²) in [6.07, 6.45) is 1.70. The summed E-state index contributed by atoms with van der Waals surface area (Å²) in [5.74, 6) is 0.758. The topological polar surface area (TPSA) is 79.5 Å². The van der Waals surface area contributed by atoms with Crippen molar-refractivity contribution in [3.8, 4) is 0 Å². The maximum Gasteiger partial charge on any atom is 0.254 e. The van der Waals surface area contributed by atoms with Gasteiger partial charge in [0.25, 0.3) is 5.91 Å². The molecule has 1 aromatic carbocycles. The molecule has 1 fully saturated rings. The molecule has 3 rings (SSSR count). The predicted octanol–water partition coefficient (Wildman–Crippen LogP) is 1.66. The van der Waals surface area contributed by atoms with Crippen LogP contribution in [0.25, 0.3) is 10.9 Å². The van der Waals surface area contributed by atoms with Crippen molar-refractivity contribution >= 4 is 22.6 Å². The van der Waals surface area contributed by atoms with E-state index in [2.05, 4.69) is 4.98 Å². The van der Waals surface area contributed by atoms with Gasteiger partial charge < -0.3 is 15.7 Å². The molecule has 1 unspecified atom stereocenters. The zero-order valence-electron chi connectivity index (χ0n) is 11.8. The van der Waals surface area contributed by atoms with Crippen molar-refractivity contribution in [1.82, 2.24) is 9.88 Å². The van der Waals surface area contributed by atoms with E-state index < -0.39 is 0 Å². The minimum absolute atomic E-state index is 0.000685. The molecule has 110 valence electrons. The average Bonchev–Trinajstić information content (AvgIpc) is 2.94. The molecule has 0 aliphatic carbocycles. The van der Waals surface area contributed by atoms with E-state index in [1.807, 2.05) is 29.2 Å². The van der Waals surface area contributed by atoms with E-state index in [-0.39, 0.29) is 12.5 Å². The van der Waals surface area contributed by atoms with Gasteiger partial charge in [0.05, 0.1) is 11.1 Å². The van der Waals surface area contributed by atoms with Crippen LogP contribution in [0.15, 0.2) is 30.3 Å². The lowest BCUT2D eigenvalue weighted by atomic mass is 10.1. The maximum absolute atomic E-state index is 12.7. The van der Waals surface area contributed by atoms with Gasteiger partial charge in [-0.1, -0.05) is 18.2 Å². The summed E-state index contributed by atoms with van der Waals surface area (Å²) in [6, 6.07) is 9.20. The van der Waals surface area contributed by atoms with Gasteiger partial charge in [-0.2, -0.15) is 0 Å². The summed E-state index contributed by atoms with van der Waals surface area (Å²) in [4.78, 5) is 18.9. The molecule has 1 aliphatic rings. The first-order valence-electron chi connectivity index (χ1n) is 7.24. The van der Waals surface area contributed by atoms with Crippen molar-refractivity contribution in [2.45, 2.75) is 12.8 Å². The van der Waals surface area contributed by atoms with E-state index in [0.29, 0.717) is 23.8 Å². The molecule has 0 radical (unpaired) electrons. The summed E-state index contributed by atoms with van der Waals surface area (Å²) in [7, 11) is 0. The highest BCUT2D eigenvalue weighted by Gasteiger charge is 2.27. The molecule has 2 aromatic rings. The normalized spacial score (nSPS) is 18.3. The van der Waals surface area contributed by atoms with Crippen LogP contribution in [0.2, 0.25) is 0 Å². The number of nitrogens with two attached hydrogens (primary N) is 1. The summed E-state index contributed by atoms with van der Waals surface area (Å²) in [5.41, 5.74) is 7.18. The number of carbonyl (C=O) groups excluding carboxylic acids is 1. The maximum atomic E-state index is 12.7. The molecule has 1 aliphatic heterocycles. The van der Waals surface area contributed by atoms with Gasteiger partial charge in [0.15, 0.2) is 0 Å². The first-order chi connectivity index (χ1) is 10.2. The molecule has 1 saturated heterocycles. The Morgan fingerprint density at radius 1 is 1.43 bits per heavy atom. The van der Waals surface area contributed by atoms with Crippen molar-refractivity contribution < 1.29 is 9.90 Å². The van der Waals surface area contributed by atoms with Gasteiger partial charge in [-0.25, -0.2) is 4.98 Å². The number of nitrogen functional groups attached to an aromatic ring is 1. The van der Waals surface area contributed by atoms with Gasteiger partial charge in [-0.05, 0) is 30.9 Å². The molecule has 1 amide bonds. The van der Waals surface area contributed by atoms with Gasteiger partial charge in [0, 0.05) is 25.1 Å². The standard InChI is InChI=1S/C16H19N3O2/c17-15-9-13(12-3-1-2-4-14(12)18-15)16(21)19-7-5-11(10-19)6-8-20/h1-4,9,11,20H,5-8,10H2,(H2,17,18). The van der Waals surface area contributed by atoms with Crippen LogP contribution >= 0.6 is 0 Å². The molecule has 0 spiro atoms. The van der Waals surface area contributed by atoms with Gasteiger partial charge in [-0.3, -0.25) is 4.79 Å². The van der Waals surface area contributed by atoms with Crippen LogP contribution in [0.3, 0.4) is 0 Å². The predicted molar refractivity (Wildman–Crippen MR) is 81.9 cm³/mol. The fraction of sp³-hybridized carbons (Fsp3) is 0.375. The molecule has 0 bridgehead atoms. The number of hydrogen-bond donors (Lipinski definition) is 2. The number of benzene rings is 1. The van der Waals surface area contributed by atoms with Gasteiger partial charge in [-0.15, -0.1) is 0 Å². The highest BCUT2D eigenvalue weighted by atomic mass is 16.3. The molecule has 5 heteroatoms.